The molecule has 0 N–H and O–H groups in total. The topological polar surface area (TPSA) is 29.5 Å². The van der Waals surface area contributed by atoms with Gasteiger partial charge in [-0.05, 0) is 48.6 Å². The number of hydrogen-bond acceptors (Lipinski definition) is 3. The van der Waals surface area contributed by atoms with E-state index in [0.29, 0.717) is 19.7 Å². The number of carbonyl (C=O) groups excluding carboxylic acids is 1. The number of thioether (sulfide) groups is 1. The van der Waals surface area contributed by atoms with E-state index >= 15 is 0 Å². The van der Waals surface area contributed by atoms with Crippen molar-refractivity contribution in [3.8, 4) is 0 Å². The van der Waals surface area contributed by atoms with Crippen LogP contribution in [0.1, 0.15) is 27.6 Å². The lowest BCUT2D eigenvalue weighted by Crippen LogP contribution is -2.42. The van der Waals surface area contributed by atoms with Gasteiger partial charge in [-0.2, -0.15) is 0 Å². The molecule has 5 heteroatoms. The molecule has 1 fully saturated rings. The fourth-order valence-corrected chi connectivity index (χ4v) is 3.28. The van der Waals surface area contributed by atoms with Crippen molar-refractivity contribution in [1.29, 1.82) is 0 Å². The van der Waals surface area contributed by atoms with E-state index in [1.54, 1.807) is 23.9 Å². The van der Waals surface area contributed by atoms with Gasteiger partial charge in [0.05, 0.1) is 13.2 Å². The lowest BCUT2D eigenvalue weighted by molar-refractivity contribution is -0.0228. The number of nitrogens with zero attached hydrogens (tertiary/aromatic N) is 1. The van der Waals surface area contributed by atoms with Crippen LogP contribution in [0, 0.1) is 12.7 Å². The summed E-state index contributed by atoms with van der Waals surface area (Å²) in [6.45, 7) is 3.48. The van der Waals surface area contributed by atoms with Crippen LogP contribution in [0.2, 0.25) is 0 Å². The average molecular weight is 345 g/mol. The van der Waals surface area contributed by atoms with Crippen LogP contribution < -0.4 is 0 Å². The van der Waals surface area contributed by atoms with Gasteiger partial charge in [0.1, 0.15) is 11.9 Å². The monoisotopic (exact) mass is 345 g/mol. The van der Waals surface area contributed by atoms with E-state index < -0.39 is 0 Å². The largest absolute Gasteiger partial charge is 0.370 e. The Kier molecular flexibility index (Phi) is 5.21. The molecule has 0 bridgehead atoms. The Morgan fingerprint density at radius 3 is 2.71 bits per heavy atom. The van der Waals surface area contributed by atoms with Gasteiger partial charge in [-0.25, -0.2) is 4.39 Å². The van der Waals surface area contributed by atoms with Crippen LogP contribution in [-0.2, 0) is 4.74 Å². The molecule has 2 aromatic rings. The average Bonchev–Trinajstić information content (AvgIpc) is 2.62. The Labute approximate surface area is 145 Å². The molecule has 1 heterocycles. The number of benzene rings is 2. The SMILES string of the molecule is CSc1ccc(C)c(C(=O)N2CCOC(c3ccc(F)cc3)C2)c1. The molecule has 1 aliphatic rings. The van der Waals surface area contributed by atoms with Crippen LogP contribution >= 0.6 is 11.8 Å². The Morgan fingerprint density at radius 1 is 1.25 bits per heavy atom. The number of ether oxygens (including phenoxy) is 1. The molecule has 3 nitrogen and oxygen atoms in total. The zero-order valence-electron chi connectivity index (χ0n) is 13.8. The van der Waals surface area contributed by atoms with Crippen molar-refractivity contribution in [2.45, 2.75) is 17.9 Å². The van der Waals surface area contributed by atoms with E-state index in [0.717, 1.165) is 21.6 Å². The minimum atomic E-state index is -0.271. The minimum Gasteiger partial charge on any atom is -0.370 e. The third-order valence-electron chi connectivity index (χ3n) is 4.27. The van der Waals surface area contributed by atoms with Gasteiger partial charge in [0.25, 0.3) is 5.91 Å². The molecular formula is C19H20FNO2S. The summed E-state index contributed by atoms with van der Waals surface area (Å²) in [5, 5.41) is 0. The second-order valence-electron chi connectivity index (χ2n) is 5.84. The van der Waals surface area contributed by atoms with E-state index in [9.17, 15) is 9.18 Å². The molecule has 0 radical (unpaired) electrons. The predicted octanol–water partition coefficient (Wildman–Crippen LogP) is 4.07. The van der Waals surface area contributed by atoms with Gasteiger partial charge in [-0.3, -0.25) is 4.79 Å². The maximum Gasteiger partial charge on any atom is 0.254 e. The molecule has 1 atom stereocenters. The van der Waals surface area contributed by atoms with Crippen molar-refractivity contribution in [1.82, 2.24) is 4.90 Å². The smallest absolute Gasteiger partial charge is 0.254 e. The summed E-state index contributed by atoms with van der Waals surface area (Å²) in [4.78, 5) is 15.8. The number of aryl methyl sites for hydroxylation is 1. The molecule has 0 spiro atoms. The summed E-state index contributed by atoms with van der Waals surface area (Å²) in [5.74, 6) is -0.245. The van der Waals surface area contributed by atoms with Crippen molar-refractivity contribution in [3.05, 3.63) is 65.0 Å². The van der Waals surface area contributed by atoms with E-state index in [4.69, 9.17) is 4.74 Å². The van der Waals surface area contributed by atoms with Gasteiger partial charge in [0, 0.05) is 17.0 Å². The summed E-state index contributed by atoms with van der Waals surface area (Å²) in [7, 11) is 0. The summed E-state index contributed by atoms with van der Waals surface area (Å²) in [5.41, 5.74) is 2.60. The molecule has 1 aliphatic heterocycles. The molecule has 1 unspecified atom stereocenters. The van der Waals surface area contributed by atoms with Crippen LogP contribution in [0.5, 0.6) is 0 Å². The number of hydrogen-bond donors (Lipinski definition) is 0. The second-order valence-corrected chi connectivity index (χ2v) is 6.72. The number of rotatable bonds is 3. The van der Waals surface area contributed by atoms with Gasteiger partial charge in [-0.1, -0.05) is 18.2 Å². The fourth-order valence-electron chi connectivity index (χ4n) is 2.84. The van der Waals surface area contributed by atoms with Gasteiger partial charge >= 0.3 is 0 Å². The number of halogens is 1. The van der Waals surface area contributed by atoms with E-state index in [1.807, 2.05) is 36.3 Å². The third kappa shape index (κ3) is 3.62. The number of carbonyl (C=O) groups is 1. The van der Waals surface area contributed by atoms with Crippen molar-refractivity contribution in [2.75, 3.05) is 26.0 Å². The Bertz CT molecular complexity index is 733. The molecular weight excluding hydrogens is 325 g/mol. The van der Waals surface area contributed by atoms with E-state index in [1.165, 1.54) is 12.1 Å². The quantitative estimate of drug-likeness (QED) is 0.786. The van der Waals surface area contributed by atoms with E-state index in [2.05, 4.69) is 0 Å². The van der Waals surface area contributed by atoms with Crippen LogP contribution in [0.25, 0.3) is 0 Å². The normalized spacial score (nSPS) is 17.8. The number of morpholine rings is 1. The van der Waals surface area contributed by atoms with Crippen LogP contribution in [0.3, 0.4) is 0 Å². The molecule has 0 aromatic heterocycles. The lowest BCUT2D eigenvalue weighted by Gasteiger charge is -2.33. The zero-order valence-corrected chi connectivity index (χ0v) is 14.6. The predicted molar refractivity (Wildman–Crippen MR) is 94.0 cm³/mol. The van der Waals surface area contributed by atoms with Crippen LogP contribution in [0.15, 0.2) is 47.4 Å². The lowest BCUT2D eigenvalue weighted by atomic mass is 10.0. The first-order chi connectivity index (χ1) is 11.6. The fraction of sp³-hybridized carbons (Fsp3) is 0.316. The van der Waals surface area contributed by atoms with Crippen LogP contribution in [0.4, 0.5) is 4.39 Å². The summed E-state index contributed by atoms with van der Waals surface area (Å²) < 4.78 is 18.9. The van der Waals surface area contributed by atoms with Crippen molar-refractivity contribution < 1.29 is 13.9 Å². The summed E-state index contributed by atoms with van der Waals surface area (Å²) in [6, 6.07) is 12.2. The zero-order chi connectivity index (χ0) is 17.1. The highest BCUT2D eigenvalue weighted by Gasteiger charge is 2.27. The first-order valence-electron chi connectivity index (χ1n) is 7.89. The first-order valence-corrected chi connectivity index (χ1v) is 9.12. The van der Waals surface area contributed by atoms with Crippen molar-refractivity contribution in [3.63, 3.8) is 0 Å². The van der Waals surface area contributed by atoms with Crippen LogP contribution in [-0.4, -0.2) is 36.8 Å². The maximum atomic E-state index is 13.1. The minimum absolute atomic E-state index is 0.0267. The maximum absolute atomic E-state index is 13.1. The van der Waals surface area contributed by atoms with Crippen molar-refractivity contribution in [2.24, 2.45) is 0 Å². The third-order valence-corrected chi connectivity index (χ3v) is 5.00. The Hall–Kier alpha value is -1.85. The molecule has 24 heavy (non-hydrogen) atoms. The highest BCUT2D eigenvalue weighted by atomic mass is 32.2. The molecule has 2 aromatic carbocycles. The first kappa shape index (κ1) is 17.0. The summed E-state index contributed by atoms with van der Waals surface area (Å²) in [6.07, 6.45) is 1.78. The Morgan fingerprint density at radius 2 is 2.00 bits per heavy atom. The molecule has 3 rings (SSSR count). The standard InChI is InChI=1S/C19H20FNO2S/c1-13-3-8-16(24-2)11-17(13)19(22)21-9-10-23-18(12-21)14-4-6-15(20)7-5-14/h3-8,11,18H,9-10,12H2,1-2H3. The van der Waals surface area contributed by atoms with Gasteiger partial charge in [0.2, 0.25) is 0 Å². The highest BCUT2D eigenvalue weighted by Crippen LogP contribution is 2.25. The van der Waals surface area contributed by atoms with Gasteiger partial charge in [0.15, 0.2) is 0 Å². The molecule has 1 saturated heterocycles. The van der Waals surface area contributed by atoms with Gasteiger partial charge in [-0.15, -0.1) is 11.8 Å². The van der Waals surface area contributed by atoms with Crippen molar-refractivity contribution >= 4 is 17.7 Å². The second kappa shape index (κ2) is 7.36. The Balaban J connectivity index is 1.79. The molecule has 0 aliphatic carbocycles. The highest BCUT2D eigenvalue weighted by molar-refractivity contribution is 7.98. The van der Waals surface area contributed by atoms with E-state index in [-0.39, 0.29) is 17.8 Å². The molecule has 1 amide bonds. The summed E-state index contributed by atoms with van der Waals surface area (Å²) >= 11 is 1.62. The molecule has 126 valence electrons. The molecule has 0 saturated carbocycles. The number of amides is 1. The van der Waals surface area contributed by atoms with Gasteiger partial charge < -0.3 is 9.64 Å².